The van der Waals surface area contributed by atoms with Crippen LogP contribution in [0, 0.1) is 0 Å². The fourth-order valence-electron chi connectivity index (χ4n) is 8.85. The first kappa shape index (κ1) is 40.4. The van der Waals surface area contributed by atoms with Crippen molar-refractivity contribution in [3.05, 3.63) is 204 Å². The summed E-state index contributed by atoms with van der Waals surface area (Å²) >= 11 is 6.51. The lowest BCUT2D eigenvalue weighted by Crippen LogP contribution is -1.98. The third-order valence-corrected chi connectivity index (χ3v) is 15.6. The molecule has 68 heavy (non-hydrogen) atoms. The number of nitrogens with zero attached hydrogens (tertiary/aromatic N) is 6. The second-order valence-corrected chi connectivity index (χ2v) is 20.2. The molecule has 320 valence electrons. The van der Waals surface area contributed by atoms with Crippen LogP contribution in [0.2, 0.25) is 0 Å². The van der Waals surface area contributed by atoms with E-state index in [9.17, 15) is 0 Å². The molecule has 0 atom stereocenters. The molecule has 13 aromatic rings. The number of aromatic nitrogens is 6. The summed E-state index contributed by atoms with van der Waals surface area (Å²) in [4.78, 5) is 33.7. The quantitative estimate of drug-likeness (QED) is 0.106. The van der Waals surface area contributed by atoms with E-state index in [-0.39, 0.29) is 0 Å². The van der Waals surface area contributed by atoms with Gasteiger partial charge in [-0.1, -0.05) is 127 Å². The van der Waals surface area contributed by atoms with Crippen LogP contribution in [0.1, 0.15) is 0 Å². The Morgan fingerprint density at radius 2 is 0.662 bits per heavy atom. The standard InChI is InChI=1S/C58H34N6S4/c1-2-9-40-34-48-41(30-39(40)8-1)24-25-47-45(10-3-11-46(47)48)44-32-42(35-16-20-37(21-17-35)53-59-55(49-12-4-26-65-49)63-56(60-53)50-13-5-27-66-50)31-43(33-44)36-18-22-38(23-19-36)54-61-57(51-14-6-28-67-51)64-58(62-54)52-15-7-29-68-52/h1-34H. The minimum atomic E-state index is 0.645. The summed E-state index contributed by atoms with van der Waals surface area (Å²) in [6.07, 6.45) is 0. The van der Waals surface area contributed by atoms with Gasteiger partial charge < -0.3 is 0 Å². The molecule has 0 saturated heterocycles. The highest BCUT2D eigenvalue weighted by atomic mass is 32.1. The molecule has 6 heterocycles. The first-order valence-corrected chi connectivity index (χ1v) is 25.5. The van der Waals surface area contributed by atoms with Gasteiger partial charge in [0, 0.05) is 11.1 Å². The number of hydrogen-bond acceptors (Lipinski definition) is 10. The summed E-state index contributed by atoms with van der Waals surface area (Å²) in [5, 5.41) is 15.6. The van der Waals surface area contributed by atoms with E-state index in [4.69, 9.17) is 29.9 Å². The monoisotopic (exact) mass is 942 g/mol. The Bertz CT molecular complexity index is 3660. The molecule has 0 radical (unpaired) electrons. The molecule has 0 aliphatic carbocycles. The van der Waals surface area contributed by atoms with Crippen molar-refractivity contribution in [2.24, 2.45) is 0 Å². The second kappa shape index (κ2) is 17.1. The maximum atomic E-state index is 4.98. The summed E-state index contributed by atoms with van der Waals surface area (Å²) in [6.45, 7) is 0. The zero-order valence-corrected chi connectivity index (χ0v) is 39.2. The van der Waals surface area contributed by atoms with Gasteiger partial charge in [-0.05, 0) is 142 Å². The van der Waals surface area contributed by atoms with Crippen LogP contribution in [0.15, 0.2) is 204 Å². The Balaban J connectivity index is 0.931. The molecule has 6 aromatic heterocycles. The van der Waals surface area contributed by atoms with Gasteiger partial charge in [0.1, 0.15) is 0 Å². The van der Waals surface area contributed by atoms with Crippen LogP contribution in [0.4, 0.5) is 0 Å². The average Bonchev–Trinajstić information content (AvgIpc) is 4.27. The van der Waals surface area contributed by atoms with E-state index < -0.39 is 0 Å². The minimum absolute atomic E-state index is 0.645. The van der Waals surface area contributed by atoms with Gasteiger partial charge in [0.2, 0.25) is 0 Å². The molecular formula is C58H34N6S4. The number of thiophene rings is 4. The molecule has 0 fully saturated rings. The van der Waals surface area contributed by atoms with Crippen molar-refractivity contribution in [3.63, 3.8) is 0 Å². The highest BCUT2D eigenvalue weighted by Gasteiger charge is 2.17. The van der Waals surface area contributed by atoms with E-state index in [0.717, 1.165) is 58.5 Å². The van der Waals surface area contributed by atoms with E-state index >= 15 is 0 Å². The molecule has 0 aliphatic rings. The van der Waals surface area contributed by atoms with Gasteiger partial charge in [0.25, 0.3) is 0 Å². The molecule has 0 saturated carbocycles. The highest BCUT2D eigenvalue weighted by molar-refractivity contribution is 7.14. The molecule has 6 nitrogen and oxygen atoms in total. The summed E-state index contributed by atoms with van der Waals surface area (Å²) in [5.41, 5.74) is 8.54. The van der Waals surface area contributed by atoms with Crippen LogP contribution in [-0.2, 0) is 0 Å². The van der Waals surface area contributed by atoms with Crippen molar-refractivity contribution in [2.75, 3.05) is 0 Å². The average molecular weight is 943 g/mol. The first-order valence-electron chi connectivity index (χ1n) is 22.0. The number of hydrogen-bond donors (Lipinski definition) is 0. The summed E-state index contributed by atoms with van der Waals surface area (Å²) in [6, 6.07) is 65.0. The van der Waals surface area contributed by atoms with Gasteiger partial charge in [-0.15, -0.1) is 45.3 Å². The second-order valence-electron chi connectivity index (χ2n) is 16.4. The van der Waals surface area contributed by atoms with Crippen molar-refractivity contribution >= 4 is 77.7 Å². The zero-order chi connectivity index (χ0) is 45.0. The van der Waals surface area contributed by atoms with E-state index in [1.807, 2.05) is 24.3 Å². The van der Waals surface area contributed by atoms with Crippen LogP contribution >= 0.6 is 45.3 Å². The smallest absolute Gasteiger partial charge is 0.174 e. The third-order valence-electron chi connectivity index (χ3n) is 12.2. The lowest BCUT2D eigenvalue weighted by Gasteiger charge is -2.15. The number of fused-ring (bicyclic) bond motifs is 4. The SMILES string of the molecule is c1csc(-c2nc(-c3ccc(-c4cc(-c5ccc(-c6nc(-c7cccs7)nc(-c7cccs7)n6)cc5)cc(-c5cccc6c5ccc5cc7ccccc7cc56)c4)cc3)nc(-c3cccs3)n2)c1. The van der Waals surface area contributed by atoms with Gasteiger partial charge in [-0.2, -0.15) is 0 Å². The van der Waals surface area contributed by atoms with Gasteiger partial charge in [-0.25, -0.2) is 29.9 Å². The van der Waals surface area contributed by atoms with Gasteiger partial charge in [0.15, 0.2) is 34.9 Å². The van der Waals surface area contributed by atoms with Gasteiger partial charge >= 0.3 is 0 Å². The van der Waals surface area contributed by atoms with Crippen molar-refractivity contribution < 1.29 is 0 Å². The number of rotatable bonds is 9. The molecule has 0 unspecified atom stereocenters. The fraction of sp³-hybridized carbons (Fsp3) is 0. The summed E-state index contributed by atoms with van der Waals surface area (Å²) in [7, 11) is 0. The van der Waals surface area contributed by atoms with Crippen molar-refractivity contribution in [3.8, 4) is 99.0 Å². The highest BCUT2D eigenvalue weighted by Crippen LogP contribution is 2.40. The predicted molar refractivity (Wildman–Crippen MR) is 286 cm³/mol. The van der Waals surface area contributed by atoms with Crippen LogP contribution < -0.4 is 0 Å². The molecule has 7 aromatic carbocycles. The van der Waals surface area contributed by atoms with E-state index in [0.29, 0.717) is 34.9 Å². The molecule has 10 heteroatoms. The summed E-state index contributed by atoms with van der Waals surface area (Å²) < 4.78 is 0. The topological polar surface area (TPSA) is 77.3 Å². The Labute approximate surface area is 407 Å². The van der Waals surface area contributed by atoms with Crippen LogP contribution in [0.5, 0.6) is 0 Å². The minimum Gasteiger partial charge on any atom is -0.207 e. The third kappa shape index (κ3) is 7.59. The Kier molecular flexibility index (Phi) is 10.2. The molecule has 0 amide bonds. The lowest BCUT2D eigenvalue weighted by atomic mass is 9.89. The van der Waals surface area contributed by atoms with Gasteiger partial charge in [-0.3, -0.25) is 0 Å². The van der Waals surface area contributed by atoms with Gasteiger partial charge in [0.05, 0.1) is 19.5 Å². The first-order chi connectivity index (χ1) is 33.6. The van der Waals surface area contributed by atoms with Crippen LogP contribution in [0.25, 0.3) is 131 Å². The number of benzene rings is 7. The lowest BCUT2D eigenvalue weighted by molar-refractivity contribution is 1.08. The molecule has 0 bridgehead atoms. The normalized spacial score (nSPS) is 11.5. The molecule has 0 N–H and O–H groups in total. The van der Waals surface area contributed by atoms with E-state index in [1.54, 1.807) is 45.3 Å². The summed E-state index contributed by atoms with van der Waals surface area (Å²) in [5.74, 6) is 4.01. The van der Waals surface area contributed by atoms with Crippen molar-refractivity contribution in [2.45, 2.75) is 0 Å². The fourth-order valence-corrected chi connectivity index (χ4v) is 11.5. The van der Waals surface area contributed by atoms with Crippen molar-refractivity contribution in [1.29, 1.82) is 0 Å². The molecule has 0 aliphatic heterocycles. The molecule has 13 rings (SSSR count). The Hall–Kier alpha value is -7.86. The molecule has 0 spiro atoms. The Morgan fingerprint density at radius 3 is 1.12 bits per heavy atom. The maximum Gasteiger partial charge on any atom is 0.174 e. The van der Waals surface area contributed by atoms with Crippen molar-refractivity contribution in [1.82, 2.24) is 29.9 Å². The van der Waals surface area contributed by atoms with Crippen LogP contribution in [-0.4, -0.2) is 29.9 Å². The Morgan fingerprint density at radius 1 is 0.235 bits per heavy atom. The predicted octanol–water partition coefficient (Wildman–Crippen LogP) is 16.8. The van der Waals surface area contributed by atoms with E-state index in [1.165, 1.54) is 37.9 Å². The largest absolute Gasteiger partial charge is 0.207 e. The molecular weight excluding hydrogens is 909 g/mol. The van der Waals surface area contributed by atoms with E-state index in [2.05, 4.69) is 179 Å². The zero-order valence-electron chi connectivity index (χ0n) is 35.9. The maximum absolute atomic E-state index is 4.98. The van der Waals surface area contributed by atoms with Crippen LogP contribution in [0.3, 0.4) is 0 Å².